The van der Waals surface area contributed by atoms with Gasteiger partial charge in [0, 0.05) is 14.1 Å². The molecule has 0 spiro atoms. The Morgan fingerprint density at radius 1 is 1.22 bits per heavy atom. The zero-order valence-corrected chi connectivity index (χ0v) is 11.5. The van der Waals surface area contributed by atoms with Crippen LogP contribution in [-0.2, 0) is 0 Å². The molecular weight excluding hydrogens is 296 g/mol. The van der Waals surface area contributed by atoms with Crippen molar-refractivity contribution < 1.29 is 4.42 Å². The molecule has 3 rings (SSSR count). The molecule has 0 aliphatic rings. The van der Waals surface area contributed by atoms with Crippen LogP contribution in [0, 0.1) is 0 Å². The number of hydrogen-bond donors (Lipinski definition) is 1. The lowest BCUT2D eigenvalue weighted by molar-refractivity contribution is 0.542. The molecule has 0 atom stereocenters. The van der Waals surface area contributed by atoms with Gasteiger partial charge in [-0.05, 0) is 34.1 Å². The van der Waals surface area contributed by atoms with E-state index in [1.54, 1.807) is 6.26 Å². The molecule has 3 aromatic rings. The molecule has 92 valence electrons. The number of furan rings is 1. The predicted octanol–water partition coefficient (Wildman–Crippen LogP) is 3.05. The number of fused-ring (bicyclic) bond motifs is 1. The molecule has 0 radical (unpaired) electrons. The first-order chi connectivity index (χ1) is 8.65. The third kappa shape index (κ3) is 1.78. The van der Waals surface area contributed by atoms with Crippen molar-refractivity contribution in [2.45, 2.75) is 0 Å². The van der Waals surface area contributed by atoms with Gasteiger partial charge in [0.2, 0.25) is 0 Å². The fourth-order valence-corrected chi connectivity index (χ4v) is 2.15. The summed E-state index contributed by atoms with van der Waals surface area (Å²) in [6, 6.07) is 5.78. The van der Waals surface area contributed by atoms with Crippen LogP contribution in [0.25, 0.3) is 22.6 Å². The molecule has 0 aliphatic heterocycles. The van der Waals surface area contributed by atoms with Crippen LogP contribution in [0.5, 0.6) is 0 Å². The lowest BCUT2D eigenvalue weighted by Gasteiger charge is -2.09. The first-order valence-electron chi connectivity index (χ1n) is 5.42. The number of pyridine rings is 1. The third-order valence-electron chi connectivity index (χ3n) is 2.66. The summed E-state index contributed by atoms with van der Waals surface area (Å²) in [7, 11) is 3.91. The Morgan fingerprint density at radius 2 is 2.06 bits per heavy atom. The number of H-pyrrole nitrogens is 1. The monoisotopic (exact) mass is 306 g/mol. The smallest absolute Gasteiger partial charge is 0.180 e. The molecule has 0 unspecified atom stereocenters. The van der Waals surface area contributed by atoms with Crippen molar-refractivity contribution in [2.75, 3.05) is 19.0 Å². The normalized spacial score (nSPS) is 11.1. The highest BCUT2D eigenvalue weighted by Crippen LogP contribution is 2.28. The molecule has 3 heterocycles. The second-order valence-corrected chi connectivity index (χ2v) is 4.85. The van der Waals surface area contributed by atoms with Crippen LogP contribution in [0.2, 0.25) is 0 Å². The largest absolute Gasteiger partial charge is 0.457 e. The Kier molecular flexibility index (Phi) is 2.59. The first kappa shape index (κ1) is 11.3. The van der Waals surface area contributed by atoms with E-state index in [1.165, 1.54) is 0 Å². The molecule has 1 N–H and O–H groups in total. The molecule has 6 heteroatoms. The SMILES string of the molecule is CN(C)c1ccc2[nH]c(-c3ccoc3Br)nc2n1. The summed E-state index contributed by atoms with van der Waals surface area (Å²) >= 11 is 3.34. The average molecular weight is 307 g/mol. The van der Waals surface area contributed by atoms with Crippen molar-refractivity contribution in [3.05, 3.63) is 29.1 Å². The van der Waals surface area contributed by atoms with Gasteiger partial charge in [-0.3, -0.25) is 0 Å². The number of halogens is 1. The van der Waals surface area contributed by atoms with E-state index in [1.807, 2.05) is 37.2 Å². The zero-order chi connectivity index (χ0) is 12.7. The average Bonchev–Trinajstić information content (AvgIpc) is 2.92. The van der Waals surface area contributed by atoms with Crippen LogP contribution in [0.1, 0.15) is 0 Å². The Morgan fingerprint density at radius 3 is 2.72 bits per heavy atom. The first-order valence-corrected chi connectivity index (χ1v) is 6.22. The van der Waals surface area contributed by atoms with Gasteiger partial charge >= 0.3 is 0 Å². The number of anilines is 1. The summed E-state index contributed by atoms with van der Waals surface area (Å²) in [5, 5.41) is 0. The molecule has 18 heavy (non-hydrogen) atoms. The summed E-state index contributed by atoms with van der Waals surface area (Å²) in [6.45, 7) is 0. The van der Waals surface area contributed by atoms with Crippen molar-refractivity contribution in [1.29, 1.82) is 0 Å². The summed E-state index contributed by atoms with van der Waals surface area (Å²) in [5.41, 5.74) is 2.49. The summed E-state index contributed by atoms with van der Waals surface area (Å²) in [6.07, 6.45) is 1.62. The van der Waals surface area contributed by atoms with Crippen LogP contribution in [0.3, 0.4) is 0 Å². The standard InChI is InChI=1S/C12H11BrN4O/c1-17(2)9-4-3-8-12(15-9)16-11(14-8)7-5-6-18-10(7)13/h3-6H,1-2H3,(H,14,15,16). The number of rotatable bonds is 2. The van der Waals surface area contributed by atoms with Crippen molar-refractivity contribution in [1.82, 2.24) is 15.0 Å². The number of nitrogens with one attached hydrogen (secondary N) is 1. The van der Waals surface area contributed by atoms with E-state index in [9.17, 15) is 0 Å². The van der Waals surface area contributed by atoms with E-state index < -0.39 is 0 Å². The Balaban J connectivity index is 2.14. The van der Waals surface area contributed by atoms with Crippen LogP contribution in [0.4, 0.5) is 5.82 Å². The van der Waals surface area contributed by atoms with Gasteiger partial charge in [-0.2, -0.15) is 0 Å². The Hall–Kier alpha value is -1.82. The Bertz CT molecular complexity index is 701. The fraction of sp³-hybridized carbons (Fsp3) is 0.167. The lowest BCUT2D eigenvalue weighted by atomic mass is 10.3. The van der Waals surface area contributed by atoms with Gasteiger partial charge in [0.25, 0.3) is 0 Å². The third-order valence-corrected chi connectivity index (χ3v) is 3.28. The number of nitrogens with zero attached hydrogens (tertiary/aromatic N) is 3. The molecular formula is C12H11BrN4O. The van der Waals surface area contributed by atoms with Crippen LogP contribution >= 0.6 is 15.9 Å². The van der Waals surface area contributed by atoms with E-state index in [4.69, 9.17) is 4.42 Å². The van der Waals surface area contributed by atoms with Crippen LogP contribution in [-0.4, -0.2) is 29.0 Å². The fourth-order valence-electron chi connectivity index (χ4n) is 1.72. The van der Waals surface area contributed by atoms with Gasteiger partial charge in [0.15, 0.2) is 10.3 Å². The summed E-state index contributed by atoms with van der Waals surface area (Å²) in [5.74, 6) is 1.63. The molecule has 0 saturated carbocycles. The highest BCUT2D eigenvalue weighted by atomic mass is 79.9. The number of imidazole rings is 1. The van der Waals surface area contributed by atoms with Gasteiger partial charge in [0.1, 0.15) is 11.6 Å². The molecule has 5 nitrogen and oxygen atoms in total. The van der Waals surface area contributed by atoms with E-state index in [0.717, 1.165) is 22.7 Å². The van der Waals surface area contributed by atoms with Crippen LogP contribution < -0.4 is 4.90 Å². The van der Waals surface area contributed by atoms with E-state index >= 15 is 0 Å². The maximum Gasteiger partial charge on any atom is 0.180 e. The molecule has 0 fully saturated rings. The minimum absolute atomic E-state index is 0.661. The van der Waals surface area contributed by atoms with Gasteiger partial charge in [-0.1, -0.05) is 0 Å². The zero-order valence-electron chi connectivity index (χ0n) is 9.94. The molecule has 0 aliphatic carbocycles. The number of aromatic nitrogens is 3. The predicted molar refractivity (Wildman–Crippen MR) is 73.6 cm³/mol. The number of aromatic amines is 1. The van der Waals surface area contributed by atoms with E-state index in [-0.39, 0.29) is 0 Å². The summed E-state index contributed by atoms with van der Waals surface area (Å²) < 4.78 is 5.87. The summed E-state index contributed by atoms with van der Waals surface area (Å²) in [4.78, 5) is 14.1. The molecule has 0 amide bonds. The van der Waals surface area contributed by atoms with Gasteiger partial charge < -0.3 is 14.3 Å². The Labute approximate surface area is 112 Å². The van der Waals surface area contributed by atoms with E-state index in [0.29, 0.717) is 10.3 Å². The lowest BCUT2D eigenvalue weighted by Crippen LogP contribution is -2.10. The van der Waals surface area contributed by atoms with Gasteiger partial charge in [-0.25, -0.2) is 9.97 Å². The van der Waals surface area contributed by atoms with Crippen LogP contribution in [0.15, 0.2) is 33.5 Å². The van der Waals surface area contributed by atoms with Gasteiger partial charge in [-0.15, -0.1) is 0 Å². The van der Waals surface area contributed by atoms with Crippen molar-refractivity contribution in [3.8, 4) is 11.4 Å². The van der Waals surface area contributed by atoms with Crippen molar-refractivity contribution >= 4 is 32.9 Å². The molecule has 0 saturated heterocycles. The topological polar surface area (TPSA) is 58.0 Å². The molecule has 0 bridgehead atoms. The molecule has 3 aromatic heterocycles. The van der Waals surface area contributed by atoms with Crippen molar-refractivity contribution in [2.24, 2.45) is 0 Å². The quantitative estimate of drug-likeness (QED) is 0.790. The second kappa shape index (κ2) is 4.13. The number of hydrogen-bond acceptors (Lipinski definition) is 4. The maximum absolute atomic E-state index is 5.20. The maximum atomic E-state index is 5.20. The second-order valence-electron chi connectivity index (χ2n) is 4.13. The highest BCUT2D eigenvalue weighted by molar-refractivity contribution is 9.10. The highest BCUT2D eigenvalue weighted by Gasteiger charge is 2.12. The minimum atomic E-state index is 0.661. The minimum Gasteiger partial charge on any atom is -0.457 e. The molecule has 0 aromatic carbocycles. The van der Waals surface area contributed by atoms with Crippen molar-refractivity contribution in [3.63, 3.8) is 0 Å². The van der Waals surface area contributed by atoms with Gasteiger partial charge in [0.05, 0.1) is 17.3 Å². The van der Waals surface area contributed by atoms with E-state index in [2.05, 4.69) is 30.9 Å².